The SMILES string of the molecule is c1ccc(N(c2ccccc2)c2ccc(-c3c4ccccc4c(-c4ccc(-c5c6ccccc6c(-c6ccc(N(c7ccccc7)c7ccccc7)cc6)c6ccccc56)c5nsnc45)c4ccccc34)cc2)cc1. The molecule has 0 spiro atoms. The molecule has 0 atom stereocenters. The van der Waals surface area contributed by atoms with E-state index in [2.05, 4.69) is 289 Å². The van der Waals surface area contributed by atoms with Gasteiger partial charge in [-0.05, 0) is 149 Å². The highest BCUT2D eigenvalue weighted by Crippen LogP contribution is 2.50. The van der Waals surface area contributed by atoms with Crippen molar-refractivity contribution in [2.45, 2.75) is 0 Å². The Balaban J connectivity index is 0.903. The van der Waals surface area contributed by atoms with E-state index in [9.17, 15) is 0 Å². The number of hydrogen-bond acceptors (Lipinski definition) is 5. The Bertz CT molecular complexity index is 3910. The first-order chi connectivity index (χ1) is 37.3. The third kappa shape index (κ3) is 7.60. The van der Waals surface area contributed by atoms with Crippen LogP contribution in [-0.4, -0.2) is 8.75 Å². The number of hydrogen-bond donors (Lipinski definition) is 0. The third-order valence-corrected chi connectivity index (χ3v) is 15.2. The van der Waals surface area contributed by atoms with E-state index in [4.69, 9.17) is 8.75 Å². The Morgan fingerprint density at radius 1 is 0.213 bits per heavy atom. The van der Waals surface area contributed by atoms with Crippen molar-refractivity contribution in [3.8, 4) is 44.5 Å². The van der Waals surface area contributed by atoms with Crippen molar-refractivity contribution in [3.05, 3.63) is 279 Å². The summed E-state index contributed by atoms with van der Waals surface area (Å²) >= 11 is 1.28. The summed E-state index contributed by atoms with van der Waals surface area (Å²) in [6, 6.07) is 100. The second-order valence-corrected chi connectivity index (χ2v) is 19.4. The number of fused-ring (bicyclic) bond motifs is 5. The highest BCUT2D eigenvalue weighted by atomic mass is 32.1. The standard InChI is InChI=1S/C70H46N4S/c1-5-21-49(22-6-1)73(50-23-7-2-8-24-50)53-41-37-47(38-42-53)65-55-29-13-17-33-59(55)67(60-34-18-14-30-56(60)65)63-45-46-64(70-69(63)71-75-72-70)68-61-35-19-15-31-57(61)66(58-32-16-20-36-62(58)68)48-39-43-54(44-40-48)74(51-25-9-3-10-26-51)52-27-11-4-12-28-52/h1-46H. The molecule has 0 aliphatic heterocycles. The summed E-state index contributed by atoms with van der Waals surface area (Å²) < 4.78 is 10.3. The summed E-state index contributed by atoms with van der Waals surface area (Å²) in [7, 11) is 0. The maximum Gasteiger partial charge on any atom is 0.113 e. The van der Waals surface area contributed by atoms with Crippen molar-refractivity contribution >= 4 is 100.0 Å². The summed E-state index contributed by atoms with van der Waals surface area (Å²) in [4.78, 5) is 4.62. The molecular formula is C70H46N4S. The van der Waals surface area contributed by atoms with Crippen LogP contribution in [0.15, 0.2) is 279 Å². The molecule has 352 valence electrons. The summed E-state index contributed by atoms with van der Waals surface area (Å²) in [5.41, 5.74) is 17.7. The lowest BCUT2D eigenvalue weighted by molar-refractivity contribution is 1.28. The summed E-state index contributed by atoms with van der Waals surface area (Å²) in [6.45, 7) is 0. The molecule has 0 aliphatic carbocycles. The second-order valence-electron chi connectivity index (χ2n) is 18.9. The molecule has 4 nitrogen and oxygen atoms in total. The van der Waals surface area contributed by atoms with Gasteiger partial charge in [0.05, 0.1) is 11.7 Å². The molecule has 0 radical (unpaired) electrons. The molecule has 0 saturated carbocycles. The summed E-state index contributed by atoms with van der Waals surface area (Å²) in [5, 5.41) is 9.46. The van der Waals surface area contributed by atoms with Crippen LogP contribution < -0.4 is 9.80 Å². The molecule has 1 heterocycles. The predicted octanol–water partition coefficient (Wildman–Crippen LogP) is 19.9. The van der Waals surface area contributed by atoms with E-state index >= 15 is 0 Å². The maximum atomic E-state index is 5.16. The number of para-hydroxylation sites is 4. The van der Waals surface area contributed by atoms with Gasteiger partial charge in [0, 0.05) is 45.3 Å². The minimum Gasteiger partial charge on any atom is -0.311 e. The molecule has 0 saturated heterocycles. The van der Waals surface area contributed by atoms with Crippen LogP contribution in [0.2, 0.25) is 0 Å². The van der Waals surface area contributed by atoms with Crippen molar-refractivity contribution in [2.24, 2.45) is 0 Å². The first-order valence-corrected chi connectivity index (χ1v) is 26.1. The van der Waals surface area contributed by atoms with Crippen LogP contribution in [0.5, 0.6) is 0 Å². The van der Waals surface area contributed by atoms with Crippen LogP contribution >= 0.6 is 11.7 Å². The van der Waals surface area contributed by atoms with Gasteiger partial charge in [-0.1, -0.05) is 206 Å². The minimum atomic E-state index is 0.904. The first-order valence-electron chi connectivity index (χ1n) is 25.4. The average Bonchev–Trinajstić information content (AvgIpc) is 3.99. The normalized spacial score (nSPS) is 11.5. The molecule has 0 amide bonds. The fraction of sp³-hybridized carbons (Fsp3) is 0. The molecule has 0 N–H and O–H groups in total. The van der Waals surface area contributed by atoms with Crippen LogP contribution in [0.1, 0.15) is 0 Å². The van der Waals surface area contributed by atoms with Gasteiger partial charge in [0.1, 0.15) is 11.0 Å². The van der Waals surface area contributed by atoms with Crippen LogP contribution in [0, 0.1) is 0 Å². The molecule has 0 aliphatic rings. The Hall–Kier alpha value is -9.68. The molecule has 0 unspecified atom stereocenters. The van der Waals surface area contributed by atoms with Gasteiger partial charge in [-0.3, -0.25) is 0 Å². The highest BCUT2D eigenvalue weighted by Gasteiger charge is 2.24. The number of aromatic nitrogens is 2. The number of benzene rings is 13. The Labute approximate surface area is 439 Å². The van der Waals surface area contributed by atoms with E-state index in [1.54, 1.807) is 0 Å². The van der Waals surface area contributed by atoms with Crippen molar-refractivity contribution < 1.29 is 0 Å². The smallest absolute Gasteiger partial charge is 0.113 e. The van der Waals surface area contributed by atoms with Gasteiger partial charge in [0.15, 0.2) is 0 Å². The molecule has 5 heteroatoms. The van der Waals surface area contributed by atoms with Crippen molar-refractivity contribution in [2.75, 3.05) is 9.80 Å². The van der Waals surface area contributed by atoms with Crippen molar-refractivity contribution in [1.29, 1.82) is 0 Å². The summed E-state index contributed by atoms with van der Waals surface area (Å²) in [6.07, 6.45) is 0. The van der Waals surface area contributed by atoms with E-state index in [0.29, 0.717) is 0 Å². The molecule has 14 aromatic rings. The molecule has 14 rings (SSSR count). The first kappa shape index (κ1) is 44.1. The monoisotopic (exact) mass is 974 g/mol. The maximum absolute atomic E-state index is 5.16. The molecular weight excluding hydrogens is 929 g/mol. The Morgan fingerprint density at radius 2 is 0.440 bits per heavy atom. The van der Waals surface area contributed by atoms with Gasteiger partial charge in [-0.25, -0.2) is 0 Å². The molecule has 1 aromatic heterocycles. The van der Waals surface area contributed by atoms with Crippen LogP contribution in [0.3, 0.4) is 0 Å². The fourth-order valence-electron chi connectivity index (χ4n) is 11.5. The molecule has 75 heavy (non-hydrogen) atoms. The highest BCUT2D eigenvalue weighted by molar-refractivity contribution is 7.00. The Morgan fingerprint density at radius 3 is 0.707 bits per heavy atom. The molecule has 13 aromatic carbocycles. The van der Waals surface area contributed by atoms with E-state index in [0.717, 1.165) is 78.5 Å². The number of rotatable bonds is 10. The van der Waals surface area contributed by atoms with Crippen LogP contribution in [0.4, 0.5) is 34.1 Å². The largest absolute Gasteiger partial charge is 0.311 e. The summed E-state index contributed by atoms with van der Waals surface area (Å²) in [5.74, 6) is 0. The average molecular weight is 975 g/mol. The number of anilines is 6. The van der Waals surface area contributed by atoms with E-state index in [-0.39, 0.29) is 0 Å². The van der Waals surface area contributed by atoms with Crippen molar-refractivity contribution in [3.63, 3.8) is 0 Å². The molecule has 0 fully saturated rings. The van der Waals surface area contributed by atoms with Crippen LogP contribution in [-0.2, 0) is 0 Å². The lowest BCUT2D eigenvalue weighted by Gasteiger charge is -2.26. The quantitative estimate of drug-likeness (QED) is 0.128. The van der Waals surface area contributed by atoms with E-state index in [1.165, 1.54) is 65.9 Å². The van der Waals surface area contributed by atoms with E-state index in [1.807, 2.05) is 0 Å². The van der Waals surface area contributed by atoms with Crippen molar-refractivity contribution in [1.82, 2.24) is 8.75 Å². The van der Waals surface area contributed by atoms with Gasteiger partial charge >= 0.3 is 0 Å². The van der Waals surface area contributed by atoms with Gasteiger partial charge < -0.3 is 9.80 Å². The molecule has 0 bridgehead atoms. The number of nitrogens with zero attached hydrogens (tertiary/aromatic N) is 4. The van der Waals surface area contributed by atoms with Gasteiger partial charge in [-0.2, -0.15) is 8.75 Å². The zero-order valence-electron chi connectivity index (χ0n) is 40.8. The topological polar surface area (TPSA) is 32.3 Å². The lowest BCUT2D eigenvalue weighted by Crippen LogP contribution is -2.09. The third-order valence-electron chi connectivity index (χ3n) is 14.7. The zero-order valence-corrected chi connectivity index (χ0v) is 41.6. The minimum absolute atomic E-state index is 0.904. The van der Waals surface area contributed by atoms with Gasteiger partial charge in [0.25, 0.3) is 0 Å². The lowest BCUT2D eigenvalue weighted by atomic mass is 9.83. The van der Waals surface area contributed by atoms with Gasteiger partial charge in [-0.15, -0.1) is 0 Å². The van der Waals surface area contributed by atoms with Gasteiger partial charge in [0.2, 0.25) is 0 Å². The zero-order chi connectivity index (χ0) is 49.7. The van der Waals surface area contributed by atoms with Crippen LogP contribution in [0.25, 0.3) is 98.6 Å². The Kier molecular flexibility index (Phi) is 11.0. The second kappa shape index (κ2) is 18.7. The fourth-order valence-corrected chi connectivity index (χ4v) is 12.1. The predicted molar refractivity (Wildman–Crippen MR) is 319 cm³/mol. The van der Waals surface area contributed by atoms with E-state index < -0.39 is 0 Å².